The molecule has 2 saturated heterocycles. The predicted molar refractivity (Wildman–Crippen MR) is 143 cm³/mol. The monoisotopic (exact) mass is 582 g/mol. The van der Waals surface area contributed by atoms with Crippen LogP contribution in [0.2, 0.25) is 0 Å². The summed E-state index contributed by atoms with van der Waals surface area (Å²) in [6.07, 6.45) is -0.629. The third-order valence-corrected chi connectivity index (χ3v) is 9.56. The lowest BCUT2D eigenvalue weighted by molar-refractivity contribution is 0.0295. The molecule has 2 aliphatic heterocycles. The minimum Gasteiger partial charge on any atom is -0.389 e. The number of hydrogen-bond acceptors (Lipinski definition) is 12. The predicted octanol–water partition coefficient (Wildman–Crippen LogP) is -0.810. The summed E-state index contributed by atoms with van der Waals surface area (Å²) in [4.78, 5) is 0.187. The van der Waals surface area contributed by atoms with Crippen molar-refractivity contribution in [3.8, 4) is 11.4 Å². The van der Waals surface area contributed by atoms with E-state index in [9.17, 15) is 28.8 Å². The van der Waals surface area contributed by atoms with E-state index in [-0.39, 0.29) is 21.9 Å². The zero-order valence-corrected chi connectivity index (χ0v) is 22.9. The van der Waals surface area contributed by atoms with E-state index in [4.69, 9.17) is 0 Å². The van der Waals surface area contributed by atoms with E-state index < -0.39 is 46.3 Å². The van der Waals surface area contributed by atoms with Crippen LogP contribution in [-0.2, 0) is 9.84 Å². The van der Waals surface area contributed by atoms with Crippen molar-refractivity contribution < 1.29 is 28.8 Å². The highest BCUT2D eigenvalue weighted by Gasteiger charge is 2.41. The fourth-order valence-electron chi connectivity index (χ4n) is 5.25. The SMILES string of the molecule is C[C@@H]1N[C@@H](c2cn(-c3ccc(S(=O)(=O)c4ccc(-n5cc([C@@H]6N[C@@H](C)[C@@H](O)[C@H]6O)nn5)cc4)cc3)nn2)[C@H](O)[C@@H]1O. The second-order valence-corrected chi connectivity index (χ2v) is 12.4. The van der Waals surface area contributed by atoms with Gasteiger partial charge in [-0.05, 0) is 62.4 Å². The van der Waals surface area contributed by atoms with E-state index in [1.807, 2.05) is 0 Å². The lowest BCUT2D eigenvalue weighted by Gasteiger charge is -2.12. The quantitative estimate of drug-likeness (QED) is 0.165. The van der Waals surface area contributed by atoms with Crippen LogP contribution in [0, 0.1) is 0 Å². The molecule has 2 aromatic carbocycles. The second-order valence-electron chi connectivity index (χ2n) is 10.5. The Morgan fingerprint density at radius 1 is 0.634 bits per heavy atom. The summed E-state index contributed by atoms with van der Waals surface area (Å²) in [5.41, 5.74) is 2.06. The first-order valence-corrected chi connectivity index (χ1v) is 14.6. The number of nitrogens with one attached hydrogen (secondary N) is 2. The van der Waals surface area contributed by atoms with Crippen molar-refractivity contribution in [1.29, 1.82) is 0 Å². The first-order chi connectivity index (χ1) is 19.5. The van der Waals surface area contributed by atoms with Gasteiger partial charge in [0.2, 0.25) is 9.84 Å². The number of aromatic nitrogens is 6. The van der Waals surface area contributed by atoms with E-state index in [2.05, 4.69) is 31.3 Å². The molecule has 41 heavy (non-hydrogen) atoms. The Morgan fingerprint density at radius 3 is 1.32 bits per heavy atom. The van der Waals surface area contributed by atoms with Gasteiger partial charge >= 0.3 is 0 Å². The summed E-state index contributed by atoms with van der Waals surface area (Å²) in [6.45, 7) is 3.53. The van der Waals surface area contributed by atoms with Gasteiger partial charge in [0, 0.05) is 12.1 Å². The van der Waals surface area contributed by atoms with Crippen LogP contribution in [-0.4, -0.2) is 95.3 Å². The van der Waals surface area contributed by atoms with E-state index in [0.717, 1.165) is 0 Å². The molecule has 0 radical (unpaired) electrons. The number of benzene rings is 2. The minimum absolute atomic E-state index is 0.0937. The van der Waals surface area contributed by atoms with Gasteiger partial charge in [-0.2, -0.15) is 0 Å². The fourth-order valence-corrected chi connectivity index (χ4v) is 6.51. The van der Waals surface area contributed by atoms with Gasteiger partial charge in [0.25, 0.3) is 0 Å². The van der Waals surface area contributed by atoms with Crippen molar-refractivity contribution in [3.63, 3.8) is 0 Å². The second kappa shape index (κ2) is 10.4. The third-order valence-electron chi connectivity index (χ3n) is 7.77. The van der Waals surface area contributed by atoms with E-state index in [1.165, 1.54) is 33.6 Å². The van der Waals surface area contributed by atoms with E-state index >= 15 is 0 Å². The summed E-state index contributed by atoms with van der Waals surface area (Å²) < 4.78 is 29.5. The maximum Gasteiger partial charge on any atom is 0.206 e. The van der Waals surface area contributed by atoms with Crippen molar-refractivity contribution in [2.45, 2.75) is 72.2 Å². The molecule has 6 N–H and O–H groups in total. The van der Waals surface area contributed by atoms with Crippen LogP contribution in [0.1, 0.15) is 37.3 Å². The number of nitrogens with zero attached hydrogens (tertiary/aromatic N) is 6. The molecule has 0 amide bonds. The molecule has 14 nitrogen and oxygen atoms in total. The molecule has 15 heteroatoms. The largest absolute Gasteiger partial charge is 0.389 e. The van der Waals surface area contributed by atoms with Gasteiger partial charge in [-0.1, -0.05) is 10.4 Å². The number of aliphatic hydroxyl groups excluding tert-OH is 4. The van der Waals surface area contributed by atoms with Gasteiger partial charge in [-0.3, -0.25) is 0 Å². The molecule has 0 saturated carbocycles. The minimum atomic E-state index is -3.82. The van der Waals surface area contributed by atoms with E-state index in [0.29, 0.717) is 22.8 Å². The highest BCUT2D eigenvalue weighted by Crippen LogP contribution is 2.29. The maximum atomic E-state index is 13.3. The molecule has 0 bridgehead atoms. The van der Waals surface area contributed by atoms with Crippen LogP contribution in [0.4, 0.5) is 0 Å². The summed E-state index contributed by atoms with van der Waals surface area (Å²) >= 11 is 0. The lowest BCUT2D eigenvalue weighted by Crippen LogP contribution is -2.29. The molecule has 0 unspecified atom stereocenters. The van der Waals surface area contributed by atoms with Gasteiger partial charge in [-0.15, -0.1) is 10.2 Å². The van der Waals surface area contributed by atoms with Gasteiger partial charge < -0.3 is 31.1 Å². The zero-order chi connectivity index (χ0) is 29.1. The maximum absolute atomic E-state index is 13.3. The highest BCUT2D eigenvalue weighted by atomic mass is 32.2. The standard InChI is InChI=1S/C26H30N8O6S/c1-13-23(35)25(37)21(27-13)19-11-33(31-29-19)15-3-7-17(8-4-15)41(39,40)18-9-5-16(6-10-18)34-12-20(30-32-34)22-26(38)24(36)14(2)28-22/h3-14,21-28,35-38H,1-2H3/t13-,14-,21-,22-,23+,24+,25-,26-/m0/s1. The molecule has 4 heterocycles. The molecule has 2 fully saturated rings. The Morgan fingerprint density at radius 2 is 1.00 bits per heavy atom. The van der Waals surface area contributed by atoms with Gasteiger partial charge in [-0.25, -0.2) is 17.8 Å². The van der Waals surface area contributed by atoms with Crippen molar-refractivity contribution in [3.05, 3.63) is 72.3 Å². The molecule has 2 aromatic heterocycles. The number of sulfone groups is 1. The molecular formula is C26H30N8O6S. The Labute approximate surface area is 235 Å². The van der Waals surface area contributed by atoms with Crippen LogP contribution >= 0.6 is 0 Å². The van der Waals surface area contributed by atoms with Gasteiger partial charge in [0.1, 0.15) is 23.6 Å². The normalized spacial score (nSPS) is 30.2. The molecule has 8 atom stereocenters. The Hall–Kier alpha value is -3.57. The molecule has 0 aliphatic carbocycles. The summed E-state index contributed by atoms with van der Waals surface area (Å²) in [5.74, 6) is 0. The average molecular weight is 583 g/mol. The lowest BCUT2D eigenvalue weighted by atomic mass is 10.1. The third kappa shape index (κ3) is 4.84. The zero-order valence-electron chi connectivity index (χ0n) is 22.1. The number of hydrogen-bond donors (Lipinski definition) is 6. The Kier molecular flexibility index (Phi) is 6.97. The topological polar surface area (TPSA) is 201 Å². The smallest absolute Gasteiger partial charge is 0.206 e. The van der Waals surface area contributed by atoms with Crippen molar-refractivity contribution >= 4 is 9.84 Å². The average Bonchev–Trinajstić information content (AvgIpc) is 3.76. The van der Waals surface area contributed by atoms with Crippen molar-refractivity contribution in [2.75, 3.05) is 0 Å². The van der Waals surface area contributed by atoms with Crippen LogP contribution in [0.3, 0.4) is 0 Å². The first kappa shape index (κ1) is 27.6. The number of rotatable bonds is 6. The van der Waals surface area contributed by atoms with Gasteiger partial charge in [0.05, 0.1) is 57.9 Å². The Balaban J connectivity index is 1.17. The van der Waals surface area contributed by atoms with Crippen molar-refractivity contribution in [1.82, 2.24) is 40.6 Å². The first-order valence-electron chi connectivity index (χ1n) is 13.1. The van der Waals surface area contributed by atoms with Crippen LogP contribution in [0.15, 0.2) is 70.7 Å². The number of aliphatic hydroxyl groups is 4. The van der Waals surface area contributed by atoms with Crippen LogP contribution < -0.4 is 10.6 Å². The molecule has 216 valence electrons. The van der Waals surface area contributed by atoms with Crippen molar-refractivity contribution in [2.24, 2.45) is 0 Å². The molecule has 0 spiro atoms. The van der Waals surface area contributed by atoms with E-state index in [1.54, 1.807) is 50.5 Å². The molecular weight excluding hydrogens is 552 g/mol. The van der Waals surface area contributed by atoms with Gasteiger partial charge in [0.15, 0.2) is 0 Å². The summed E-state index contributed by atoms with van der Waals surface area (Å²) in [7, 11) is -3.82. The summed E-state index contributed by atoms with van der Waals surface area (Å²) in [6, 6.07) is 10.6. The highest BCUT2D eigenvalue weighted by molar-refractivity contribution is 7.91. The summed E-state index contributed by atoms with van der Waals surface area (Å²) in [5, 5.41) is 63.1. The molecule has 4 aromatic rings. The fraction of sp³-hybridized carbons (Fsp3) is 0.385. The van der Waals surface area contributed by atoms with Crippen LogP contribution in [0.25, 0.3) is 11.4 Å². The Bertz CT molecular complexity index is 1530. The molecule has 2 aliphatic rings. The molecule has 6 rings (SSSR count). The van der Waals surface area contributed by atoms with Crippen LogP contribution in [0.5, 0.6) is 0 Å².